The summed E-state index contributed by atoms with van der Waals surface area (Å²) in [5.41, 5.74) is 8.80. The fourth-order valence-corrected chi connectivity index (χ4v) is 1.34. The molecule has 86 valence electrons. The summed E-state index contributed by atoms with van der Waals surface area (Å²) in [6.45, 7) is 7.60. The van der Waals surface area contributed by atoms with E-state index in [2.05, 4.69) is 11.9 Å². The number of nitrogens with one attached hydrogen (secondary N) is 1. The van der Waals surface area contributed by atoms with E-state index in [0.29, 0.717) is 6.42 Å². The van der Waals surface area contributed by atoms with Gasteiger partial charge in [-0.1, -0.05) is 12.1 Å². The first-order valence-corrected chi connectivity index (χ1v) is 5.29. The first-order chi connectivity index (χ1) is 7.54. The van der Waals surface area contributed by atoms with Gasteiger partial charge in [0.15, 0.2) is 0 Å². The van der Waals surface area contributed by atoms with E-state index in [0.717, 1.165) is 11.3 Å². The van der Waals surface area contributed by atoms with Crippen molar-refractivity contribution in [2.45, 2.75) is 26.3 Å². The highest BCUT2D eigenvalue weighted by atomic mass is 16.2. The Hall–Kier alpha value is -1.61. The number of anilines is 1. The van der Waals surface area contributed by atoms with Crippen LogP contribution in [0.15, 0.2) is 30.9 Å². The summed E-state index contributed by atoms with van der Waals surface area (Å²) in [6, 6.07) is 5.26. The van der Waals surface area contributed by atoms with E-state index in [9.17, 15) is 4.79 Å². The Morgan fingerprint density at radius 3 is 2.75 bits per heavy atom. The third-order valence-corrected chi connectivity index (χ3v) is 2.53. The highest BCUT2D eigenvalue weighted by Crippen LogP contribution is 2.14. The second kappa shape index (κ2) is 5.47. The molecule has 0 heterocycles. The molecule has 3 heteroatoms. The molecule has 0 aliphatic carbocycles. The van der Waals surface area contributed by atoms with Gasteiger partial charge in [0, 0.05) is 5.69 Å². The van der Waals surface area contributed by atoms with E-state index >= 15 is 0 Å². The number of nitrogens with two attached hydrogens (primary N) is 1. The van der Waals surface area contributed by atoms with Crippen LogP contribution in [0.4, 0.5) is 5.69 Å². The molecule has 16 heavy (non-hydrogen) atoms. The van der Waals surface area contributed by atoms with Crippen molar-refractivity contribution < 1.29 is 4.79 Å². The quantitative estimate of drug-likeness (QED) is 0.761. The lowest BCUT2D eigenvalue weighted by atomic mass is 10.1. The molecule has 1 amide bonds. The van der Waals surface area contributed by atoms with Gasteiger partial charge in [-0.05, 0) is 43.5 Å². The fourth-order valence-electron chi connectivity index (χ4n) is 1.34. The normalized spacial score (nSPS) is 11.9. The van der Waals surface area contributed by atoms with Gasteiger partial charge in [-0.2, -0.15) is 0 Å². The van der Waals surface area contributed by atoms with Crippen molar-refractivity contribution in [3.8, 4) is 0 Å². The third-order valence-electron chi connectivity index (χ3n) is 2.53. The van der Waals surface area contributed by atoms with Crippen LogP contribution in [0.2, 0.25) is 0 Å². The lowest BCUT2D eigenvalue weighted by Gasteiger charge is -2.11. The molecule has 0 aromatic heterocycles. The number of benzene rings is 1. The molecule has 0 spiro atoms. The summed E-state index contributed by atoms with van der Waals surface area (Å²) >= 11 is 0. The summed E-state index contributed by atoms with van der Waals surface area (Å²) < 4.78 is 0. The summed E-state index contributed by atoms with van der Waals surface area (Å²) in [6.07, 6.45) is 2.13. The van der Waals surface area contributed by atoms with Crippen molar-refractivity contribution in [3.05, 3.63) is 42.0 Å². The predicted octanol–water partition coefficient (Wildman–Crippen LogP) is 2.15. The third kappa shape index (κ3) is 3.21. The van der Waals surface area contributed by atoms with E-state index in [-0.39, 0.29) is 5.91 Å². The highest BCUT2D eigenvalue weighted by Gasteiger charge is 2.11. The van der Waals surface area contributed by atoms with Gasteiger partial charge in [0.05, 0.1) is 6.04 Å². The van der Waals surface area contributed by atoms with Crippen LogP contribution < -0.4 is 11.1 Å². The number of aryl methyl sites for hydroxylation is 2. The van der Waals surface area contributed by atoms with Crippen LogP contribution >= 0.6 is 0 Å². The Labute approximate surface area is 96.3 Å². The topological polar surface area (TPSA) is 55.1 Å². The molecular formula is C13H18N2O. The predicted molar refractivity (Wildman–Crippen MR) is 67.3 cm³/mol. The van der Waals surface area contributed by atoms with E-state index in [1.807, 2.05) is 32.0 Å². The first kappa shape index (κ1) is 12.5. The zero-order valence-corrected chi connectivity index (χ0v) is 9.79. The van der Waals surface area contributed by atoms with Crippen molar-refractivity contribution in [1.29, 1.82) is 0 Å². The molecule has 0 aliphatic rings. The number of hydrogen-bond donors (Lipinski definition) is 2. The Balaban J connectivity index is 2.69. The second-order valence-electron chi connectivity index (χ2n) is 3.92. The lowest BCUT2D eigenvalue weighted by Crippen LogP contribution is -2.35. The van der Waals surface area contributed by atoms with Crippen molar-refractivity contribution in [1.82, 2.24) is 0 Å². The molecule has 3 nitrogen and oxygen atoms in total. The Bertz CT molecular complexity index is 399. The number of carbonyl (C=O) groups is 1. The standard InChI is InChI=1S/C13H18N2O/c1-4-5-12(14)13(16)15-11-7-6-9(2)10(3)8-11/h4,6-8,12H,1,5,14H2,2-3H3,(H,15,16). The largest absolute Gasteiger partial charge is 0.325 e. The van der Waals surface area contributed by atoms with Gasteiger partial charge in [0.1, 0.15) is 0 Å². The summed E-state index contributed by atoms with van der Waals surface area (Å²) in [4.78, 5) is 11.6. The minimum absolute atomic E-state index is 0.178. The second-order valence-corrected chi connectivity index (χ2v) is 3.92. The van der Waals surface area contributed by atoms with Crippen LogP contribution in [0.25, 0.3) is 0 Å². The smallest absolute Gasteiger partial charge is 0.241 e. The SMILES string of the molecule is C=CCC(N)C(=O)Nc1ccc(C)c(C)c1. The van der Waals surface area contributed by atoms with E-state index in [1.165, 1.54) is 5.56 Å². The van der Waals surface area contributed by atoms with E-state index in [1.54, 1.807) is 6.08 Å². The molecule has 0 saturated heterocycles. The Kier molecular flexibility index (Phi) is 4.26. The fraction of sp³-hybridized carbons (Fsp3) is 0.308. The Morgan fingerprint density at radius 2 is 2.19 bits per heavy atom. The maximum atomic E-state index is 11.6. The van der Waals surface area contributed by atoms with Crippen molar-refractivity contribution in [2.24, 2.45) is 5.73 Å². The van der Waals surface area contributed by atoms with E-state index < -0.39 is 6.04 Å². The van der Waals surface area contributed by atoms with Gasteiger partial charge in [0.25, 0.3) is 0 Å². The summed E-state index contributed by atoms with van der Waals surface area (Å²) in [7, 11) is 0. The van der Waals surface area contributed by atoms with Gasteiger partial charge >= 0.3 is 0 Å². The molecule has 3 N–H and O–H groups in total. The Morgan fingerprint density at radius 1 is 1.50 bits per heavy atom. The van der Waals surface area contributed by atoms with Gasteiger partial charge in [0.2, 0.25) is 5.91 Å². The van der Waals surface area contributed by atoms with Gasteiger partial charge in [-0.25, -0.2) is 0 Å². The molecule has 0 saturated carbocycles. The zero-order chi connectivity index (χ0) is 12.1. The van der Waals surface area contributed by atoms with Crippen LogP contribution in [0.5, 0.6) is 0 Å². The molecule has 0 bridgehead atoms. The minimum Gasteiger partial charge on any atom is -0.325 e. The van der Waals surface area contributed by atoms with Crippen LogP contribution in [-0.4, -0.2) is 11.9 Å². The average molecular weight is 218 g/mol. The number of hydrogen-bond acceptors (Lipinski definition) is 2. The highest BCUT2D eigenvalue weighted by molar-refractivity contribution is 5.94. The van der Waals surface area contributed by atoms with Crippen LogP contribution in [0, 0.1) is 13.8 Å². The summed E-state index contributed by atoms with van der Waals surface area (Å²) in [5.74, 6) is -0.178. The molecule has 1 aromatic rings. The molecule has 1 rings (SSSR count). The monoisotopic (exact) mass is 218 g/mol. The van der Waals surface area contributed by atoms with Crippen molar-refractivity contribution >= 4 is 11.6 Å². The zero-order valence-electron chi connectivity index (χ0n) is 9.79. The van der Waals surface area contributed by atoms with Crippen molar-refractivity contribution in [3.63, 3.8) is 0 Å². The van der Waals surface area contributed by atoms with Gasteiger partial charge in [-0.3, -0.25) is 4.79 Å². The molecular weight excluding hydrogens is 200 g/mol. The molecule has 1 unspecified atom stereocenters. The molecule has 0 fully saturated rings. The minimum atomic E-state index is -0.529. The molecule has 1 atom stereocenters. The molecule has 1 aromatic carbocycles. The first-order valence-electron chi connectivity index (χ1n) is 5.29. The average Bonchev–Trinajstić information content (AvgIpc) is 2.24. The number of rotatable bonds is 4. The lowest BCUT2D eigenvalue weighted by molar-refractivity contribution is -0.117. The summed E-state index contributed by atoms with van der Waals surface area (Å²) in [5, 5.41) is 2.78. The van der Waals surface area contributed by atoms with E-state index in [4.69, 9.17) is 5.73 Å². The molecule has 0 aliphatic heterocycles. The van der Waals surface area contributed by atoms with Crippen LogP contribution in [0.3, 0.4) is 0 Å². The maximum Gasteiger partial charge on any atom is 0.241 e. The maximum absolute atomic E-state index is 11.6. The number of amides is 1. The number of carbonyl (C=O) groups excluding carboxylic acids is 1. The van der Waals surface area contributed by atoms with Crippen LogP contribution in [-0.2, 0) is 4.79 Å². The van der Waals surface area contributed by atoms with Crippen LogP contribution in [0.1, 0.15) is 17.5 Å². The van der Waals surface area contributed by atoms with Gasteiger partial charge < -0.3 is 11.1 Å². The van der Waals surface area contributed by atoms with Gasteiger partial charge in [-0.15, -0.1) is 6.58 Å². The molecule has 0 radical (unpaired) electrons. The van der Waals surface area contributed by atoms with Crippen molar-refractivity contribution in [2.75, 3.05) is 5.32 Å².